The summed E-state index contributed by atoms with van der Waals surface area (Å²) in [5.74, 6) is -0.591. The number of nitrogens with two attached hydrogens (primary N) is 1. The van der Waals surface area contributed by atoms with E-state index >= 15 is 0 Å². The molecule has 1 aromatic heterocycles. The summed E-state index contributed by atoms with van der Waals surface area (Å²) in [4.78, 5) is 15.1. The lowest BCUT2D eigenvalue weighted by atomic mass is 10.0. The minimum atomic E-state index is -3.43. The molecule has 0 unspecified atom stereocenters. The molecule has 0 spiro atoms. The normalized spacial score (nSPS) is 15.0. The van der Waals surface area contributed by atoms with Crippen molar-refractivity contribution in [3.8, 4) is 11.1 Å². The molecule has 1 saturated heterocycles. The van der Waals surface area contributed by atoms with Crippen LogP contribution in [-0.2, 0) is 16.4 Å². The average Bonchev–Trinajstić information content (AvgIpc) is 3.43. The van der Waals surface area contributed by atoms with Crippen LogP contribution in [0.5, 0.6) is 0 Å². The van der Waals surface area contributed by atoms with E-state index < -0.39 is 15.7 Å². The van der Waals surface area contributed by atoms with Crippen molar-refractivity contribution >= 4 is 26.8 Å². The second-order valence-corrected chi connectivity index (χ2v) is 9.84. The van der Waals surface area contributed by atoms with E-state index in [9.17, 15) is 17.6 Å². The van der Waals surface area contributed by atoms with E-state index in [0.717, 1.165) is 19.1 Å². The smallest absolute Gasteiger partial charge is 0.253 e. The number of carbonyl (C=O) groups is 1. The van der Waals surface area contributed by atoms with Crippen LogP contribution in [0.3, 0.4) is 0 Å². The molecule has 2 N–H and O–H groups in total. The molecule has 10 heteroatoms. The molecule has 8 nitrogen and oxygen atoms in total. The van der Waals surface area contributed by atoms with Gasteiger partial charge in [0, 0.05) is 37.0 Å². The number of sulfone groups is 1. The lowest BCUT2D eigenvalue weighted by Gasteiger charge is -2.16. The van der Waals surface area contributed by atoms with Crippen molar-refractivity contribution in [1.29, 1.82) is 0 Å². The summed E-state index contributed by atoms with van der Waals surface area (Å²) < 4.78 is 39.7. The molecule has 2 aromatic carbocycles. The molecule has 168 valence electrons. The number of nitrogens with zero attached hydrogens (tertiary/aromatic N) is 4. The number of fused-ring (bicyclic) bond motifs is 1. The number of halogens is 1. The van der Waals surface area contributed by atoms with Gasteiger partial charge < -0.3 is 10.6 Å². The van der Waals surface area contributed by atoms with Crippen LogP contribution in [0.2, 0.25) is 0 Å². The topological polar surface area (TPSA) is 111 Å². The van der Waals surface area contributed by atoms with Crippen LogP contribution in [0.15, 0.2) is 53.2 Å². The molecule has 1 amide bonds. The van der Waals surface area contributed by atoms with Crippen LogP contribution in [-0.4, -0.2) is 60.1 Å². The number of rotatable bonds is 6. The number of carbonyl (C=O) groups excluding carboxylic acids is 1. The maximum Gasteiger partial charge on any atom is 0.253 e. The van der Waals surface area contributed by atoms with Gasteiger partial charge in [-0.25, -0.2) is 17.5 Å². The molecular formula is C22H24FN5O3S. The predicted octanol–water partition coefficient (Wildman–Crippen LogP) is 2.55. The maximum absolute atomic E-state index is 14.2. The van der Waals surface area contributed by atoms with Gasteiger partial charge in [0.15, 0.2) is 9.84 Å². The fourth-order valence-corrected chi connectivity index (χ4v) is 4.53. The summed E-state index contributed by atoms with van der Waals surface area (Å²) in [6, 6.07) is 9.81. The fraction of sp³-hybridized carbons (Fsp3) is 0.318. The Balaban J connectivity index is 1.90. The van der Waals surface area contributed by atoms with Crippen molar-refractivity contribution in [3.05, 3.63) is 53.9 Å². The van der Waals surface area contributed by atoms with E-state index in [1.54, 1.807) is 35.2 Å². The molecule has 0 aliphatic carbocycles. The van der Waals surface area contributed by atoms with Crippen LogP contribution in [0.1, 0.15) is 23.2 Å². The fourth-order valence-electron chi connectivity index (χ4n) is 3.86. The van der Waals surface area contributed by atoms with Gasteiger partial charge in [-0.2, -0.15) is 0 Å². The number of amides is 1. The Morgan fingerprint density at radius 1 is 1.22 bits per heavy atom. The van der Waals surface area contributed by atoms with E-state index in [-0.39, 0.29) is 23.9 Å². The molecule has 4 rings (SSSR count). The molecule has 1 fully saturated rings. The summed E-state index contributed by atoms with van der Waals surface area (Å²) in [5, 5.41) is 8.29. The molecule has 0 bridgehead atoms. The van der Waals surface area contributed by atoms with Crippen LogP contribution < -0.4 is 5.73 Å². The first-order chi connectivity index (χ1) is 15.3. The SMILES string of the molecule is CS(=O)(=O)c1cccc(-c2cc(C(=O)N3CCCC3)cc3c2nnn3C/C(F)=C/CN)c1. The first kappa shape index (κ1) is 22.1. The third-order valence-electron chi connectivity index (χ3n) is 5.47. The predicted molar refractivity (Wildman–Crippen MR) is 119 cm³/mol. The first-order valence-corrected chi connectivity index (χ1v) is 12.2. The third kappa shape index (κ3) is 4.42. The highest BCUT2D eigenvalue weighted by Crippen LogP contribution is 2.31. The number of likely N-dealkylation sites (tertiary alicyclic amines) is 1. The highest BCUT2D eigenvalue weighted by molar-refractivity contribution is 7.90. The van der Waals surface area contributed by atoms with Gasteiger partial charge in [0.05, 0.1) is 17.0 Å². The van der Waals surface area contributed by atoms with Gasteiger partial charge in [0.2, 0.25) is 0 Å². The third-order valence-corrected chi connectivity index (χ3v) is 6.58. The largest absolute Gasteiger partial charge is 0.339 e. The lowest BCUT2D eigenvalue weighted by molar-refractivity contribution is 0.0793. The Morgan fingerprint density at radius 2 is 1.97 bits per heavy atom. The Labute approximate surface area is 185 Å². The second-order valence-electron chi connectivity index (χ2n) is 7.82. The maximum atomic E-state index is 14.2. The highest BCUT2D eigenvalue weighted by Gasteiger charge is 2.23. The van der Waals surface area contributed by atoms with Crippen molar-refractivity contribution in [3.63, 3.8) is 0 Å². The molecule has 32 heavy (non-hydrogen) atoms. The molecular weight excluding hydrogens is 433 g/mol. The van der Waals surface area contributed by atoms with Gasteiger partial charge in [-0.05, 0) is 48.7 Å². The van der Waals surface area contributed by atoms with Gasteiger partial charge in [0.1, 0.15) is 11.3 Å². The van der Waals surface area contributed by atoms with Crippen LogP contribution in [0.25, 0.3) is 22.2 Å². The second kappa shape index (κ2) is 8.79. The zero-order valence-electron chi connectivity index (χ0n) is 17.7. The van der Waals surface area contributed by atoms with Gasteiger partial charge in [0.25, 0.3) is 5.91 Å². The van der Waals surface area contributed by atoms with Crippen molar-refractivity contribution in [1.82, 2.24) is 19.9 Å². The summed E-state index contributed by atoms with van der Waals surface area (Å²) in [7, 11) is -3.43. The summed E-state index contributed by atoms with van der Waals surface area (Å²) in [6.45, 7) is 1.25. The van der Waals surface area contributed by atoms with Gasteiger partial charge >= 0.3 is 0 Å². The van der Waals surface area contributed by atoms with Gasteiger partial charge in [-0.3, -0.25) is 4.79 Å². The van der Waals surface area contributed by atoms with E-state index in [0.29, 0.717) is 40.8 Å². The standard InChI is InChI=1S/C22H24FN5O3S/c1-32(30,31)18-6-4-5-15(11-18)19-12-16(22(29)27-9-2-3-10-27)13-20-21(19)25-26-28(20)14-17(23)7-8-24/h4-7,11-13H,2-3,8-10,14,24H2,1H3/b17-7-. The average molecular weight is 458 g/mol. The minimum Gasteiger partial charge on any atom is -0.339 e. The Hall–Kier alpha value is -3.11. The van der Waals surface area contributed by atoms with E-state index in [2.05, 4.69) is 10.3 Å². The summed E-state index contributed by atoms with van der Waals surface area (Å²) >= 11 is 0. The van der Waals surface area contributed by atoms with Gasteiger partial charge in [-0.15, -0.1) is 5.10 Å². The molecule has 0 saturated carbocycles. The monoisotopic (exact) mass is 457 g/mol. The number of benzene rings is 2. The van der Waals surface area contributed by atoms with E-state index in [4.69, 9.17) is 5.73 Å². The Kier molecular flexibility index (Phi) is 6.07. The summed E-state index contributed by atoms with van der Waals surface area (Å²) in [6.07, 6.45) is 4.29. The quantitative estimate of drug-likeness (QED) is 0.609. The van der Waals surface area contributed by atoms with Crippen LogP contribution in [0.4, 0.5) is 4.39 Å². The first-order valence-electron chi connectivity index (χ1n) is 10.3. The van der Waals surface area contributed by atoms with E-state index in [1.165, 1.54) is 16.8 Å². The van der Waals surface area contributed by atoms with Crippen molar-refractivity contribution < 1.29 is 17.6 Å². The molecule has 3 aromatic rings. The Morgan fingerprint density at radius 3 is 2.66 bits per heavy atom. The summed E-state index contributed by atoms with van der Waals surface area (Å²) in [5.41, 5.74) is 7.89. The molecule has 0 atom stereocenters. The number of hydrogen-bond donors (Lipinski definition) is 1. The van der Waals surface area contributed by atoms with E-state index in [1.807, 2.05) is 0 Å². The van der Waals surface area contributed by atoms with Crippen molar-refractivity contribution in [2.24, 2.45) is 5.73 Å². The molecule has 1 aliphatic heterocycles. The van der Waals surface area contributed by atoms with Gasteiger partial charge in [-0.1, -0.05) is 17.3 Å². The van der Waals surface area contributed by atoms with Crippen LogP contribution >= 0.6 is 0 Å². The van der Waals surface area contributed by atoms with Crippen LogP contribution in [0, 0.1) is 0 Å². The number of allylic oxidation sites excluding steroid dienone is 1. The van der Waals surface area contributed by atoms with Crippen molar-refractivity contribution in [2.45, 2.75) is 24.3 Å². The lowest BCUT2D eigenvalue weighted by Crippen LogP contribution is -2.27. The zero-order valence-corrected chi connectivity index (χ0v) is 18.5. The minimum absolute atomic E-state index is 0.0562. The number of hydrogen-bond acceptors (Lipinski definition) is 6. The molecule has 0 radical (unpaired) electrons. The Bertz CT molecular complexity index is 1310. The molecule has 2 heterocycles. The highest BCUT2D eigenvalue weighted by atomic mass is 32.2. The zero-order chi connectivity index (χ0) is 22.9. The molecule has 1 aliphatic rings. The number of aromatic nitrogens is 3. The van der Waals surface area contributed by atoms with Crippen molar-refractivity contribution in [2.75, 3.05) is 25.9 Å².